The van der Waals surface area contributed by atoms with Crippen LogP contribution in [0, 0.1) is 0 Å². The minimum atomic E-state index is 0.646. The van der Waals surface area contributed by atoms with E-state index in [1.807, 2.05) is 26.4 Å². The molecule has 0 atom stereocenters. The summed E-state index contributed by atoms with van der Waals surface area (Å²) in [6, 6.07) is 0. The molecule has 0 aliphatic heterocycles. The lowest BCUT2D eigenvalue weighted by Crippen LogP contribution is -2.33. The Morgan fingerprint density at radius 1 is 1.04 bits per heavy atom. The highest BCUT2D eigenvalue weighted by Crippen LogP contribution is 1.93. The molecule has 0 radical (unpaired) electrons. The van der Waals surface area contributed by atoms with Crippen molar-refractivity contribution in [3.8, 4) is 0 Å². The fourth-order valence-corrected chi connectivity index (χ4v) is 2.09. The normalized spacial score (nSPS) is 13.3. The van der Waals surface area contributed by atoms with Crippen molar-refractivity contribution in [3.63, 3.8) is 0 Å². The van der Waals surface area contributed by atoms with E-state index in [4.69, 9.17) is 0 Å². The predicted octanol–water partition coefficient (Wildman–Crippen LogP) is 2.50. The number of likely N-dealkylation sites (N-methyl/N-ethyl adjacent to an activating group) is 2. The Hall–Kier alpha value is -1.43. The van der Waals surface area contributed by atoms with Crippen LogP contribution in [-0.4, -0.2) is 76.0 Å². The highest BCUT2D eigenvalue weighted by Gasteiger charge is 2.01. The van der Waals surface area contributed by atoms with Gasteiger partial charge in [0, 0.05) is 45.6 Å². The van der Waals surface area contributed by atoms with Gasteiger partial charge in [0.1, 0.15) is 0 Å². The van der Waals surface area contributed by atoms with Crippen molar-refractivity contribution in [2.75, 3.05) is 60.0 Å². The largest absolute Gasteiger partial charge is 0.394 e. The summed E-state index contributed by atoms with van der Waals surface area (Å²) in [5, 5.41) is 6.25. The average Bonchev–Trinajstić information content (AvgIpc) is 2.61. The van der Waals surface area contributed by atoms with E-state index in [2.05, 4.69) is 70.6 Å². The lowest BCUT2D eigenvalue weighted by atomic mass is 10.3. The van der Waals surface area contributed by atoms with Crippen LogP contribution in [0.3, 0.4) is 0 Å². The Morgan fingerprint density at radius 2 is 1.80 bits per heavy atom. The van der Waals surface area contributed by atoms with Crippen LogP contribution in [-0.2, 0) is 0 Å². The number of nitrogens with one attached hydrogen (secondary N) is 2. The van der Waals surface area contributed by atoms with Gasteiger partial charge in [0.2, 0.25) is 0 Å². The van der Waals surface area contributed by atoms with Crippen molar-refractivity contribution in [2.45, 2.75) is 27.2 Å². The van der Waals surface area contributed by atoms with Gasteiger partial charge in [0.05, 0.1) is 6.67 Å². The molecule has 0 aromatic heterocycles. The second kappa shape index (κ2) is 17.4. The molecule has 0 aromatic rings. The molecule has 25 heavy (non-hydrogen) atoms. The first-order valence-electron chi connectivity index (χ1n) is 9.39. The van der Waals surface area contributed by atoms with E-state index >= 15 is 0 Å². The quantitative estimate of drug-likeness (QED) is 0.271. The summed E-state index contributed by atoms with van der Waals surface area (Å²) < 4.78 is 0. The Morgan fingerprint density at radius 3 is 2.48 bits per heavy atom. The van der Waals surface area contributed by atoms with Crippen molar-refractivity contribution in [1.82, 2.24) is 20.4 Å². The van der Waals surface area contributed by atoms with Crippen LogP contribution in [0.4, 0.5) is 0 Å². The van der Waals surface area contributed by atoms with Crippen LogP contribution in [0.5, 0.6) is 0 Å². The molecule has 0 saturated heterocycles. The summed E-state index contributed by atoms with van der Waals surface area (Å²) in [5.74, 6) is 0. The van der Waals surface area contributed by atoms with Gasteiger partial charge in [-0.15, -0.1) is 0 Å². The van der Waals surface area contributed by atoms with E-state index < -0.39 is 0 Å². The minimum Gasteiger partial charge on any atom is -0.394 e. The monoisotopic (exact) mass is 349 g/mol. The molecule has 0 saturated carbocycles. The molecule has 0 spiro atoms. The van der Waals surface area contributed by atoms with E-state index in [0.717, 1.165) is 51.3 Å². The fourth-order valence-electron chi connectivity index (χ4n) is 2.09. The summed E-state index contributed by atoms with van der Waals surface area (Å²) in [6.07, 6.45) is 13.7. The summed E-state index contributed by atoms with van der Waals surface area (Å²) in [4.78, 5) is 9.12. The number of nitrogens with zero attached hydrogens (tertiary/aromatic N) is 3. The lowest BCUT2D eigenvalue weighted by Gasteiger charge is -2.22. The zero-order valence-electron chi connectivity index (χ0n) is 17.0. The van der Waals surface area contributed by atoms with Gasteiger partial charge in [-0.1, -0.05) is 38.2 Å². The molecule has 0 amide bonds. The number of allylic oxidation sites excluding steroid dienone is 3. The lowest BCUT2D eigenvalue weighted by molar-refractivity contribution is 0.254. The molecule has 144 valence electrons. The van der Waals surface area contributed by atoms with Crippen LogP contribution in [0.1, 0.15) is 27.2 Å². The van der Waals surface area contributed by atoms with Crippen LogP contribution < -0.4 is 10.6 Å². The molecule has 0 rings (SSSR count). The second-order valence-corrected chi connectivity index (χ2v) is 6.07. The molecule has 0 aromatic carbocycles. The standard InChI is InChI=1S/C20H39N5/c1-6-24(5)15-16-25(7-2)14-12-10-8-9-11-13-22-19-23-18-20(3)17-21-4/h9-12,17-18,21-22H,6-8,13-16,19H2,1-5H3/b11-9-,12-10+,20-17-,23-18-. The van der Waals surface area contributed by atoms with Gasteiger partial charge in [-0.3, -0.25) is 15.2 Å². The fraction of sp³-hybridized carbons (Fsp3) is 0.650. The molecule has 0 heterocycles. The van der Waals surface area contributed by atoms with Crippen LogP contribution in [0.15, 0.2) is 41.1 Å². The SMILES string of the molecule is CCN(C)CCN(CC)C/C=C/C/C=C\CNC/N=C\C(C)=C/NC. The molecule has 0 bridgehead atoms. The van der Waals surface area contributed by atoms with Crippen LogP contribution in [0.2, 0.25) is 0 Å². The first kappa shape index (κ1) is 23.6. The smallest absolute Gasteiger partial charge is 0.0886 e. The Labute approximate surface area is 155 Å². The summed E-state index contributed by atoms with van der Waals surface area (Å²) >= 11 is 0. The second-order valence-electron chi connectivity index (χ2n) is 6.07. The highest BCUT2D eigenvalue weighted by atomic mass is 15.2. The summed E-state index contributed by atoms with van der Waals surface area (Å²) in [5.41, 5.74) is 1.12. The minimum absolute atomic E-state index is 0.646. The summed E-state index contributed by atoms with van der Waals surface area (Å²) in [7, 11) is 4.06. The van der Waals surface area contributed by atoms with E-state index in [-0.39, 0.29) is 0 Å². The maximum absolute atomic E-state index is 4.30. The third-order valence-corrected chi connectivity index (χ3v) is 3.89. The van der Waals surface area contributed by atoms with Gasteiger partial charge in [-0.2, -0.15) is 0 Å². The number of aliphatic imine (C=N–C) groups is 1. The summed E-state index contributed by atoms with van der Waals surface area (Å²) in [6.45, 7) is 13.5. The molecule has 5 heteroatoms. The number of hydrogen-bond acceptors (Lipinski definition) is 5. The first-order chi connectivity index (χ1) is 12.1. The van der Waals surface area contributed by atoms with Crippen molar-refractivity contribution in [2.24, 2.45) is 4.99 Å². The van der Waals surface area contributed by atoms with Crippen molar-refractivity contribution in [3.05, 3.63) is 36.1 Å². The predicted molar refractivity (Wildman–Crippen MR) is 112 cm³/mol. The first-order valence-corrected chi connectivity index (χ1v) is 9.39. The molecular formula is C20H39N5. The maximum atomic E-state index is 4.30. The van der Waals surface area contributed by atoms with Gasteiger partial charge < -0.3 is 10.2 Å². The van der Waals surface area contributed by atoms with E-state index in [1.54, 1.807) is 0 Å². The van der Waals surface area contributed by atoms with Crippen molar-refractivity contribution < 1.29 is 0 Å². The van der Waals surface area contributed by atoms with Gasteiger partial charge in [0.15, 0.2) is 0 Å². The Kier molecular flexibility index (Phi) is 16.4. The zero-order chi connectivity index (χ0) is 18.8. The zero-order valence-corrected chi connectivity index (χ0v) is 17.0. The highest BCUT2D eigenvalue weighted by molar-refractivity contribution is 5.77. The van der Waals surface area contributed by atoms with Crippen molar-refractivity contribution in [1.29, 1.82) is 0 Å². The maximum Gasteiger partial charge on any atom is 0.0886 e. The van der Waals surface area contributed by atoms with Gasteiger partial charge in [-0.25, -0.2) is 0 Å². The molecule has 0 fully saturated rings. The van der Waals surface area contributed by atoms with Crippen LogP contribution >= 0.6 is 0 Å². The topological polar surface area (TPSA) is 42.9 Å². The Bertz CT molecular complexity index is 412. The molecule has 0 aliphatic rings. The van der Waals surface area contributed by atoms with Crippen LogP contribution in [0.25, 0.3) is 0 Å². The van der Waals surface area contributed by atoms with E-state index in [9.17, 15) is 0 Å². The third-order valence-electron chi connectivity index (χ3n) is 3.89. The Balaban J connectivity index is 3.72. The van der Waals surface area contributed by atoms with Crippen molar-refractivity contribution >= 4 is 6.21 Å². The average molecular weight is 350 g/mol. The van der Waals surface area contributed by atoms with E-state index in [1.165, 1.54) is 0 Å². The molecular weight excluding hydrogens is 310 g/mol. The molecule has 0 unspecified atom stereocenters. The third kappa shape index (κ3) is 15.8. The van der Waals surface area contributed by atoms with Gasteiger partial charge in [-0.05, 0) is 39.1 Å². The number of hydrogen-bond donors (Lipinski definition) is 2. The van der Waals surface area contributed by atoms with E-state index in [0.29, 0.717) is 6.67 Å². The van der Waals surface area contributed by atoms with Gasteiger partial charge >= 0.3 is 0 Å². The molecule has 5 nitrogen and oxygen atoms in total. The van der Waals surface area contributed by atoms with Gasteiger partial charge in [0.25, 0.3) is 0 Å². The molecule has 2 N–H and O–H groups in total. The molecule has 0 aliphatic carbocycles. The number of rotatable bonds is 15.